The average molecular weight is 137 g/mol. The highest BCUT2D eigenvalue weighted by atomic mass is 16.5. The normalized spacial score (nSPS) is 10.0. The molecule has 0 fully saturated rings. The van der Waals surface area contributed by atoms with Crippen LogP contribution in [0.2, 0.25) is 0 Å². The first-order chi connectivity index (χ1) is 4.97. The lowest BCUT2D eigenvalue weighted by Gasteiger charge is -1.76. The molecule has 0 aliphatic rings. The molecule has 2 heterocycles. The Bertz CT molecular complexity index is 255. The van der Waals surface area contributed by atoms with Crippen molar-refractivity contribution in [1.29, 1.82) is 0 Å². The van der Waals surface area contributed by atoms with Crippen LogP contribution in [0.15, 0.2) is 15.3 Å². The molecule has 2 rings (SSSR count). The van der Waals surface area contributed by atoms with Gasteiger partial charge in [0.05, 0.1) is 0 Å². The molecule has 0 unspecified atom stereocenters. The second-order valence-corrected chi connectivity index (χ2v) is 1.45. The van der Waals surface area contributed by atoms with Gasteiger partial charge in [0.1, 0.15) is 0 Å². The maximum atomic E-state index is 4.75. The predicted octanol–water partition coefficient (Wildman–Crippen LogP) is -0.0802. The highest BCUT2D eigenvalue weighted by Gasteiger charge is 2.07. The van der Waals surface area contributed by atoms with Crippen molar-refractivity contribution in [2.24, 2.45) is 0 Å². The summed E-state index contributed by atoms with van der Waals surface area (Å²) in [5.41, 5.74) is 0. The molecule has 1 radical (unpaired) electrons. The molecule has 0 aromatic carbocycles. The van der Waals surface area contributed by atoms with E-state index in [1.165, 1.54) is 6.39 Å². The first-order valence-corrected chi connectivity index (χ1v) is 2.43. The van der Waals surface area contributed by atoms with E-state index in [0.717, 1.165) is 0 Å². The van der Waals surface area contributed by atoms with Crippen LogP contribution in [-0.4, -0.2) is 20.3 Å². The van der Waals surface area contributed by atoms with Gasteiger partial charge in [-0.1, -0.05) is 5.16 Å². The maximum Gasteiger partial charge on any atom is 0.316 e. The molecule has 10 heavy (non-hydrogen) atoms. The number of aromatic nitrogens is 4. The van der Waals surface area contributed by atoms with Gasteiger partial charge in [-0.25, -0.2) is 0 Å². The Morgan fingerprint density at radius 3 is 3.10 bits per heavy atom. The molecule has 0 bridgehead atoms. The number of hydrogen-bond donors (Lipinski definition) is 0. The fourth-order valence-corrected chi connectivity index (χ4v) is 0.505. The first-order valence-electron chi connectivity index (χ1n) is 2.43. The molecule has 49 valence electrons. The molecular weight excluding hydrogens is 136 g/mol. The molecule has 0 aliphatic carbocycles. The second kappa shape index (κ2) is 1.90. The van der Waals surface area contributed by atoms with Crippen molar-refractivity contribution in [2.45, 2.75) is 0 Å². The van der Waals surface area contributed by atoms with E-state index >= 15 is 0 Å². The third kappa shape index (κ3) is 0.661. The minimum Gasteiger partial charge on any atom is -0.421 e. The number of hydrogen-bond acceptors (Lipinski definition) is 6. The lowest BCUT2D eigenvalue weighted by molar-refractivity contribution is 0.409. The van der Waals surface area contributed by atoms with Gasteiger partial charge >= 0.3 is 6.39 Å². The molecule has 0 amide bonds. The van der Waals surface area contributed by atoms with Crippen molar-refractivity contribution in [3.8, 4) is 11.7 Å². The zero-order chi connectivity index (χ0) is 6.81. The zero-order valence-electron chi connectivity index (χ0n) is 4.68. The van der Waals surface area contributed by atoms with Gasteiger partial charge in [0.2, 0.25) is 6.39 Å². The molecule has 0 saturated heterocycles. The van der Waals surface area contributed by atoms with Gasteiger partial charge in [-0.15, -0.1) is 10.2 Å². The summed E-state index contributed by atoms with van der Waals surface area (Å²) >= 11 is 0. The highest BCUT2D eigenvalue weighted by Crippen LogP contribution is 2.07. The summed E-state index contributed by atoms with van der Waals surface area (Å²) in [5, 5.41) is 10.4. The van der Waals surface area contributed by atoms with E-state index < -0.39 is 0 Å². The molecular formula is C4HN4O2. The van der Waals surface area contributed by atoms with Gasteiger partial charge in [0, 0.05) is 0 Å². The van der Waals surface area contributed by atoms with E-state index in [4.69, 9.17) is 4.42 Å². The standard InChI is InChI=1S/C4HN4O2/c1-5-3(8-10-1)4-7-6-2-9-4/h2H. The number of nitrogens with zero attached hydrogens (tertiary/aromatic N) is 4. The minimum absolute atomic E-state index is 0.227. The Hall–Kier alpha value is -1.72. The van der Waals surface area contributed by atoms with E-state index in [2.05, 4.69) is 31.3 Å². The van der Waals surface area contributed by atoms with Crippen LogP contribution in [0.5, 0.6) is 0 Å². The van der Waals surface area contributed by atoms with Crippen LogP contribution >= 0.6 is 0 Å². The van der Waals surface area contributed by atoms with Gasteiger partial charge in [-0.05, 0) is 0 Å². The molecule has 0 saturated carbocycles. The summed E-state index contributed by atoms with van der Waals surface area (Å²) in [6.45, 7) is 0. The van der Waals surface area contributed by atoms with Crippen LogP contribution in [0.4, 0.5) is 0 Å². The predicted molar refractivity (Wildman–Crippen MR) is 26.4 cm³/mol. The minimum atomic E-state index is 0.227. The van der Waals surface area contributed by atoms with Gasteiger partial charge < -0.3 is 8.94 Å². The Kier molecular flexibility index (Phi) is 0.970. The molecule has 0 N–H and O–H groups in total. The Morgan fingerprint density at radius 1 is 1.50 bits per heavy atom. The van der Waals surface area contributed by atoms with Gasteiger partial charge in [-0.3, -0.25) is 0 Å². The van der Waals surface area contributed by atoms with Gasteiger partial charge in [0.25, 0.3) is 11.7 Å². The van der Waals surface area contributed by atoms with Gasteiger partial charge in [0.15, 0.2) is 0 Å². The summed E-state index contributed by atoms with van der Waals surface area (Å²) in [7, 11) is 0. The fourth-order valence-electron chi connectivity index (χ4n) is 0.505. The van der Waals surface area contributed by atoms with E-state index in [1.54, 1.807) is 0 Å². The lowest BCUT2D eigenvalue weighted by atomic mass is 10.6. The SMILES string of the molecule is [c]1nc(-c2nnco2)no1. The topological polar surface area (TPSA) is 77.8 Å². The van der Waals surface area contributed by atoms with Crippen LogP contribution in [0, 0.1) is 6.39 Å². The summed E-state index contributed by atoms with van der Waals surface area (Å²) in [6, 6.07) is 0. The molecule has 0 aliphatic heterocycles. The van der Waals surface area contributed by atoms with E-state index in [0.29, 0.717) is 0 Å². The molecule has 2 aromatic heterocycles. The molecule has 0 spiro atoms. The van der Waals surface area contributed by atoms with Crippen molar-refractivity contribution in [3.63, 3.8) is 0 Å². The third-order valence-electron chi connectivity index (χ3n) is 0.876. The highest BCUT2D eigenvalue weighted by molar-refractivity contribution is 5.35. The van der Waals surface area contributed by atoms with Gasteiger partial charge in [-0.2, -0.15) is 4.98 Å². The van der Waals surface area contributed by atoms with E-state index in [1.807, 2.05) is 0 Å². The quantitative estimate of drug-likeness (QED) is 0.547. The van der Waals surface area contributed by atoms with E-state index in [9.17, 15) is 0 Å². The average Bonchev–Trinajstić information content (AvgIpc) is 2.59. The fraction of sp³-hybridized carbons (Fsp3) is 0. The van der Waals surface area contributed by atoms with Crippen molar-refractivity contribution in [1.82, 2.24) is 20.3 Å². The van der Waals surface area contributed by atoms with Crippen molar-refractivity contribution >= 4 is 0 Å². The number of rotatable bonds is 1. The Morgan fingerprint density at radius 2 is 2.50 bits per heavy atom. The van der Waals surface area contributed by atoms with Crippen molar-refractivity contribution in [3.05, 3.63) is 12.8 Å². The lowest BCUT2D eigenvalue weighted by Crippen LogP contribution is -1.78. The summed E-state index contributed by atoms with van der Waals surface area (Å²) < 4.78 is 9.08. The van der Waals surface area contributed by atoms with E-state index in [-0.39, 0.29) is 11.7 Å². The van der Waals surface area contributed by atoms with Crippen LogP contribution in [-0.2, 0) is 0 Å². The summed E-state index contributed by atoms with van der Waals surface area (Å²) in [5.74, 6) is 0.475. The van der Waals surface area contributed by atoms with Crippen molar-refractivity contribution < 1.29 is 8.94 Å². The Labute approximate surface area is 54.9 Å². The summed E-state index contributed by atoms with van der Waals surface area (Å²) in [6.07, 6.45) is 3.34. The second-order valence-electron chi connectivity index (χ2n) is 1.45. The molecule has 2 aromatic rings. The molecule has 6 nitrogen and oxygen atoms in total. The smallest absolute Gasteiger partial charge is 0.316 e. The maximum absolute atomic E-state index is 4.75. The largest absolute Gasteiger partial charge is 0.421 e. The van der Waals surface area contributed by atoms with Crippen LogP contribution in [0.25, 0.3) is 11.7 Å². The Balaban J connectivity index is 2.48. The van der Waals surface area contributed by atoms with Crippen LogP contribution < -0.4 is 0 Å². The monoisotopic (exact) mass is 137 g/mol. The van der Waals surface area contributed by atoms with Crippen LogP contribution in [0.3, 0.4) is 0 Å². The van der Waals surface area contributed by atoms with Crippen molar-refractivity contribution in [2.75, 3.05) is 0 Å². The van der Waals surface area contributed by atoms with Crippen LogP contribution in [0.1, 0.15) is 0 Å². The zero-order valence-corrected chi connectivity index (χ0v) is 4.68. The third-order valence-corrected chi connectivity index (χ3v) is 0.876. The first kappa shape index (κ1) is 5.10. The molecule has 6 heteroatoms. The molecule has 0 atom stereocenters. The summed E-state index contributed by atoms with van der Waals surface area (Å²) in [4.78, 5) is 3.56.